The van der Waals surface area contributed by atoms with Crippen LogP contribution < -0.4 is 9.62 Å². The van der Waals surface area contributed by atoms with Gasteiger partial charge in [0, 0.05) is 31.7 Å². The highest BCUT2D eigenvalue weighted by molar-refractivity contribution is 9.10. The Morgan fingerprint density at radius 1 is 1.03 bits per heavy atom. The molecule has 180 valence electrons. The van der Waals surface area contributed by atoms with E-state index in [2.05, 4.69) is 21.2 Å². The molecule has 0 fully saturated rings. The topological polar surface area (TPSA) is 90.0 Å². The maximum absolute atomic E-state index is 13.5. The lowest BCUT2D eigenvalue weighted by molar-refractivity contribution is -0.139. The van der Waals surface area contributed by atoms with Crippen LogP contribution >= 0.6 is 15.9 Å². The van der Waals surface area contributed by atoms with Gasteiger partial charge in [0.2, 0.25) is 11.8 Å². The third-order valence-electron chi connectivity index (χ3n) is 5.05. The van der Waals surface area contributed by atoms with Gasteiger partial charge < -0.3 is 10.2 Å². The summed E-state index contributed by atoms with van der Waals surface area (Å²) in [5, 5.41) is 2.82. The minimum atomic E-state index is -3.95. The van der Waals surface area contributed by atoms with Gasteiger partial charge in [-0.15, -0.1) is 0 Å². The van der Waals surface area contributed by atoms with Crippen LogP contribution in [0.2, 0.25) is 0 Å². The first-order chi connectivity index (χ1) is 15.6. The maximum Gasteiger partial charge on any atom is 0.304 e. The molecule has 0 radical (unpaired) electrons. The number of para-hydroxylation sites is 1. The zero-order valence-corrected chi connectivity index (χ0v) is 21.8. The molecule has 0 saturated carbocycles. The van der Waals surface area contributed by atoms with Crippen LogP contribution in [0, 0.1) is 0 Å². The second-order valence-electron chi connectivity index (χ2n) is 7.75. The van der Waals surface area contributed by atoms with Crippen molar-refractivity contribution in [1.82, 2.24) is 14.5 Å². The largest absolute Gasteiger partial charge is 0.354 e. The number of nitrogens with one attached hydrogen (secondary N) is 1. The predicted octanol–water partition coefficient (Wildman–Crippen LogP) is 3.01. The highest BCUT2D eigenvalue weighted by Gasteiger charge is 2.32. The molecule has 33 heavy (non-hydrogen) atoms. The van der Waals surface area contributed by atoms with Crippen LogP contribution in [0.3, 0.4) is 0 Å². The summed E-state index contributed by atoms with van der Waals surface area (Å²) in [6, 6.07) is 15.1. The molecule has 0 spiro atoms. The quantitative estimate of drug-likeness (QED) is 0.476. The molecule has 2 aromatic carbocycles. The van der Waals surface area contributed by atoms with Gasteiger partial charge in [0.25, 0.3) is 0 Å². The fourth-order valence-corrected chi connectivity index (χ4v) is 4.40. The molecule has 2 amide bonds. The minimum Gasteiger partial charge on any atom is -0.354 e. The number of anilines is 1. The minimum absolute atomic E-state index is 0.164. The fourth-order valence-electron chi connectivity index (χ4n) is 3.08. The van der Waals surface area contributed by atoms with Crippen LogP contribution in [0.4, 0.5) is 5.69 Å². The highest BCUT2D eigenvalue weighted by atomic mass is 79.9. The number of benzene rings is 2. The Balaban J connectivity index is 2.39. The lowest BCUT2D eigenvalue weighted by Crippen LogP contribution is -2.52. The Labute approximate surface area is 204 Å². The zero-order valence-electron chi connectivity index (χ0n) is 19.4. The van der Waals surface area contributed by atoms with Crippen LogP contribution in [-0.2, 0) is 26.3 Å². The van der Waals surface area contributed by atoms with Crippen molar-refractivity contribution in [2.24, 2.45) is 0 Å². The number of amides is 2. The second kappa shape index (κ2) is 12.2. The first-order valence-corrected chi connectivity index (χ1v) is 12.8. The molecule has 1 unspecified atom stereocenters. The molecule has 1 atom stereocenters. The number of nitrogens with zero attached hydrogens (tertiary/aromatic N) is 3. The van der Waals surface area contributed by atoms with Crippen molar-refractivity contribution in [2.75, 3.05) is 31.5 Å². The lowest BCUT2D eigenvalue weighted by Gasteiger charge is -2.32. The number of halogens is 1. The molecule has 1 N–H and O–H groups in total. The van der Waals surface area contributed by atoms with Crippen LogP contribution in [-0.4, -0.2) is 62.7 Å². The Hall–Kier alpha value is -2.43. The molecule has 10 heteroatoms. The van der Waals surface area contributed by atoms with Crippen molar-refractivity contribution in [3.8, 4) is 0 Å². The summed E-state index contributed by atoms with van der Waals surface area (Å²) < 4.78 is 29.1. The molecule has 0 aliphatic heterocycles. The van der Waals surface area contributed by atoms with Gasteiger partial charge in [-0.25, -0.2) is 4.31 Å². The van der Waals surface area contributed by atoms with Gasteiger partial charge in [-0.3, -0.25) is 9.59 Å². The van der Waals surface area contributed by atoms with Crippen LogP contribution in [0.25, 0.3) is 0 Å². The Morgan fingerprint density at radius 3 is 2.18 bits per heavy atom. The Morgan fingerprint density at radius 2 is 1.64 bits per heavy atom. The number of hydrogen-bond acceptors (Lipinski definition) is 4. The normalized spacial score (nSPS) is 12.3. The van der Waals surface area contributed by atoms with Crippen molar-refractivity contribution in [2.45, 2.75) is 32.9 Å². The lowest BCUT2D eigenvalue weighted by atomic mass is 10.1. The van der Waals surface area contributed by atoms with Crippen molar-refractivity contribution in [3.05, 3.63) is 64.6 Å². The van der Waals surface area contributed by atoms with E-state index in [0.29, 0.717) is 12.2 Å². The molecule has 0 aliphatic carbocycles. The number of carbonyl (C=O) groups is 2. The average Bonchev–Trinajstić information content (AvgIpc) is 2.80. The van der Waals surface area contributed by atoms with Crippen LogP contribution in [0.15, 0.2) is 59.1 Å². The first kappa shape index (κ1) is 26.8. The molecule has 0 heterocycles. The van der Waals surface area contributed by atoms with E-state index in [9.17, 15) is 18.0 Å². The Bertz CT molecular complexity index is 1030. The molecule has 0 saturated heterocycles. The van der Waals surface area contributed by atoms with Crippen molar-refractivity contribution >= 4 is 43.6 Å². The third kappa shape index (κ3) is 7.28. The SMILES string of the molecule is CCCNC(=O)C(C)N(Cc1ccc(Br)cc1)C(=O)CN(c1ccccc1)S(=O)(=O)N(C)C. The first-order valence-electron chi connectivity index (χ1n) is 10.6. The van der Waals surface area contributed by atoms with Crippen LogP contribution in [0.5, 0.6) is 0 Å². The number of rotatable bonds is 11. The average molecular weight is 539 g/mol. The van der Waals surface area contributed by atoms with Crippen molar-refractivity contribution < 1.29 is 18.0 Å². The molecule has 8 nitrogen and oxygen atoms in total. The molecule has 0 bridgehead atoms. The molecule has 2 rings (SSSR count). The summed E-state index contributed by atoms with van der Waals surface area (Å²) >= 11 is 3.39. The molecular weight excluding hydrogens is 508 g/mol. The molecule has 2 aromatic rings. The van der Waals surface area contributed by atoms with Gasteiger partial charge >= 0.3 is 10.2 Å². The van der Waals surface area contributed by atoms with Gasteiger partial charge in [-0.05, 0) is 43.2 Å². The standard InChI is InChI=1S/C23H31BrN4O4S/c1-5-15-25-23(30)18(2)27(16-19-11-13-20(24)14-12-19)22(29)17-28(33(31,32)26(3)4)21-9-7-6-8-10-21/h6-14,18H,5,15-17H2,1-4H3,(H,25,30). The number of carbonyl (C=O) groups excluding carboxylic acids is 2. The summed E-state index contributed by atoms with van der Waals surface area (Å²) in [7, 11) is -1.12. The monoisotopic (exact) mass is 538 g/mol. The van der Waals surface area contributed by atoms with E-state index in [0.717, 1.165) is 25.1 Å². The van der Waals surface area contributed by atoms with Crippen LogP contribution in [0.1, 0.15) is 25.8 Å². The molecule has 0 aliphatic rings. The van der Waals surface area contributed by atoms with E-state index in [1.54, 1.807) is 37.3 Å². The van der Waals surface area contributed by atoms with Gasteiger partial charge in [-0.2, -0.15) is 12.7 Å². The predicted molar refractivity (Wildman–Crippen MR) is 134 cm³/mol. The number of hydrogen-bond donors (Lipinski definition) is 1. The molecular formula is C23H31BrN4O4S. The fraction of sp³-hybridized carbons (Fsp3) is 0.391. The highest BCUT2D eigenvalue weighted by Crippen LogP contribution is 2.21. The summed E-state index contributed by atoms with van der Waals surface area (Å²) in [4.78, 5) is 27.6. The van der Waals surface area contributed by atoms with E-state index < -0.39 is 28.7 Å². The molecule has 0 aromatic heterocycles. The van der Waals surface area contributed by atoms with Gasteiger partial charge in [0.1, 0.15) is 12.6 Å². The van der Waals surface area contributed by atoms with E-state index in [-0.39, 0.29) is 12.5 Å². The van der Waals surface area contributed by atoms with Crippen molar-refractivity contribution in [3.63, 3.8) is 0 Å². The summed E-state index contributed by atoms with van der Waals surface area (Å²) in [6.07, 6.45) is 0.766. The smallest absolute Gasteiger partial charge is 0.304 e. The summed E-state index contributed by atoms with van der Waals surface area (Å²) in [6.45, 7) is 3.81. The van der Waals surface area contributed by atoms with Gasteiger partial charge in [0.05, 0.1) is 5.69 Å². The van der Waals surface area contributed by atoms with E-state index >= 15 is 0 Å². The second-order valence-corrected chi connectivity index (χ2v) is 10.7. The summed E-state index contributed by atoms with van der Waals surface area (Å²) in [5.74, 6) is -0.768. The van der Waals surface area contributed by atoms with Crippen molar-refractivity contribution in [1.29, 1.82) is 0 Å². The third-order valence-corrected chi connectivity index (χ3v) is 7.39. The van der Waals surface area contributed by atoms with E-state index in [4.69, 9.17) is 0 Å². The van der Waals surface area contributed by atoms with Gasteiger partial charge in [-0.1, -0.05) is 53.2 Å². The Kier molecular flexibility index (Phi) is 9.87. The van der Waals surface area contributed by atoms with E-state index in [1.165, 1.54) is 19.0 Å². The zero-order chi connectivity index (χ0) is 24.6. The maximum atomic E-state index is 13.5. The summed E-state index contributed by atoms with van der Waals surface area (Å²) in [5.41, 5.74) is 1.19. The van der Waals surface area contributed by atoms with Gasteiger partial charge in [0.15, 0.2) is 0 Å². The van der Waals surface area contributed by atoms with E-state index in [1.807, 2.05) is 31.2 Å².